The molecule has 0 spiro atoms. The molecule has 0 fully saturated rings. The summed E-state index contributed by atoms with van der Waals surface area (Å²) in [6, 6.07) is 0.910. The van der Waals surface area contributed by atoms with Gasteiger partial charge in [0.05, 0.1) is 10.4 Å². The fraction of sp³-hybridized carbons (Fsp3) is 0.308. The Morgan fingerprint density at radius 2 is 2.33 bits per heavy atom. The van der Waals surface area contributed by atoms with E-state index in [-0.39, 0.29) is 5.91 Å². The molecule has 8 heteroatoms. The summed E-state index contributed by atoms with van der Waals surface area (Å²) < 4.78 is 1.92. The van der Waals surface area contributed by atoms with E-state index < -0.39 is 12.0 Å². The molecule has 1 atom stereocenters. The number of nitrogens with zero attached hydrogens (tertiary/aromatic N) is 2. The van der Waals surface area contributed by atoms with Crippen LogP contribution in [0.15, 0.2) is 17.6 Å². The Hall–Kier alpha value is -1.93. The largest absolute Gasteiger partial charge is 0.480 e. The summed E-state index contributed by atoms with van der Waals surface area (Å²) in [5.74, 6) is -1.36. The van der Waals surface area contributed by atoms with Crippen molar-refractivity contribution >= 4 is 49.9 Å². The van der Waals surface area contributed by atoms with E-state index in [0.29, 0.717) is 17.7 Å². The third-order valence-electron chi connectivity index (χ3n) is 3.14. The zero-order valence-electron chi connectivity index (χ0n) is 11.2. The minimum Gasteiger partial charge on any atom is -0.480 e. The monoisotopic (exact) mass is 323 g/mol. The number of carboxylic acid groups (broad SMARTS) is 1. The molecule has 0 aliphatic carbocycles. The molecule has 0 bridgehead atoms. The van der Waals surface area contributed by atoms with Gasteiger partial charge in [-0.3, -0.25) is 9.20 Å². The Balaban J connectivity index is 1.86. The van der Waals surface area contributed by atoms with Gasteiger partial charge in [0.1, 0.15) is 10.9 Å². The fourth-order valence-corrected chi connectivity index (χ4v) is 3.84. The van der Waals surface area contributed by atoms with Gasteiger partial charge in [0.25, 0.3) is 5.91 Å². The van der Waals surface area contributed by atoms with Crippen molar-refractivity contribution in [1.82, 2.24) is 14.7 Å². The lowest BCUT2D eigenvalue weighted by Crippen LogP contribution is -2.40. The van der Waals surface area contributed by atoms with E-state index in [1.54, 1.807) is 6.07 Å². The summed E-state index contributed by atoms with van der Waals surface area (Å²) >= 11 is 2.81. The predicted molar refractivity (Wildman–Crippen MR) is 82.3 cm³/mol. The summed E-state index contributed by atoms with van der Waals surface area (Å²) in [7, 11) is 0. The number of hydrogen-bond donors (Lipinski definition) is 2. The van der Waals surface area contributed by atoms with Crippen molar-refractivity contribution in [3.8, 4) is 0 Å². The Morgan fingerprint density at radius 3 is 3.05 bits per heavy atom. The molecule has 21 heavy (non-hydrogen) atoms. The van der Waals surface area contributed by atoms with Crippen molar-refractivity contribution in [2.24, 2.45) is 0 Å². The topological polar surface area (TPSA) is 83.7 Å². The lowest BCUT2D eigenvalue weighted by atomic mass is 10.1. The van der Waals surface area contributed by atoms with Gasteiger partial charge in [-0.15, -0.1) is 22.7 Å². The number of amides is 1. The quantitative estimate of drug-likeness (QED) is 0.756. The number of nitrogens with one attached hydrogen (secondary N) is 1. The van der Waals surface area contributed by atoms with E-state index in [0.717, 1.165) is 15.3 Å². The summed E-state index contributed by atoms with van der Waals surface area (Å²) in [4.78, 5) is 29.9. The number of carbonyl (C=O) groups excluding carboxylic acids is 1. The maximum atomic E-state index is 12.2. The van der Waals surface area contributed by atoms with E-state index in [4.69, 9.17) is 5.11 Å². The molecule has 2 N–H and O–H groups in total. The van der Waals surface area contributed by atoms with Crippen molar-refractivity contribution in [3.63, 3.8) is 0 Å². The van der Waals surface area contributed by atoms with Crippen LogP contribution in [0.4, 0.5) is 0 Å². The van der Waals surface area contributed by atoms with Gasteiger partial charge < -0.3 is 10.4 Å². The number of imidazole rings is 1. The molecule has 0 radical (unpaired) electrons. The molecular weight excluding hydrogens is 310 g/mol. The third kappa shape index (κ3) is 2.52. The van der Waals surface area contributed by atoms with Gasteiger partial charge in [0, 0.05) is 11.6 Å². The van der Waals surface area contributed by atoms with Crippen molar-refractivity contribution in [1.29, 1.82) is 0 Å². The van der Waals surface area contributed by atoms with Crippen molar-refractivity contribution in [2.75, 3.05) is 0 Å². The second-order valence-corrected chi connectivity index (χ2v) is 6.53. The minimum absolute atomic E-state index is 0.358. The molecule has 3 heterocycles. The Bertz CT molecular complexity index is 817. The average molecular weight is 323 g/mol. The van der Waals surface area contributed by atoms with Crippen LogP contribution >= 0.6 is 22.7 Å². The molecule has 6 nitrogen and oxygen atoms in total. The number of rotatable bonds is 5. The standard InChI is InChI=1S/C13H13N3O3S2/c1-2-3-7(12(18)19)14-10(17)9-6-8-11(21-9)15-13-16(8)4-5-20-13/h4-7H,2-3H2,1H3,(H,14,17)(H,18,19). The molecule has 3 rings (SSSR count). The third-order valence-corrected chi connectivity index (χ3v) is 4.92. The second-order valence-electron chi connectivity index (χ2n) is 4.62. The Morgan fingerprint density at radius 1 is 1.52 bits per heavy atom. The van der Waals surface area contributed by atoms with Crippen molar-refractivity contribution < 1.29 is 14.7 Å². The highest BCUT2D eigenvalue weighted by Crippen LogP contribution is 2.28. The second kappa shape index (κ2) is 5.45. The number of hydrogen-bond acceptors (Lipinski definition) is 5. The van der Waals surface area contributed by atoms with Crippen LogP contribution in [0.1, 0.15) is 29.4 Å². The molecule has 3 aromatic heterocycles. The van der Waals surface area contributed by atoms with Crippen LogP contribution in [0.5, 0.6) is 0 Å². The summed E-state index contributed by atoms with van der Waals surface area (Å²) in [5, 5.41) is 13.6. The van der Waals surface area contributed by atoms with Crippen molar-refractivity contribution in [3.05, 3.63) is 22.5 Å². The predicted octanol–water partition coefficient (Wildman–Crippen LogP) is 2.59. The fourth-order valence-electron chi connectivity index (χ4n) is 2.13. The van der Waals surface area contributed by atoms with E-state index in [1.807, 2.05) is 22.9 Å². The zero-order chi connectivity index (χ0) is 15.0. The molecule has 110 valence electrons. The maximum Gasteiger partial charge on any atom is 0.326 e. The molecule has 0 saturated heterocycles. The molecule has 0 aliphatic rings. The smallest absolute Gasteiger partial charge is 0.326 e. The van der Waals surface area contributed by atoms with Gasteiger partial charge in [-0.25, -0.2) is 9.78 Å². The first-order chi connectivity index (χ1) is 10.1. The van der Waals surface area contributed by atoms with Crippen LogP contribution < -0.4 is 5.32 Å². The van der Waals surface area contributed by atoms with Gasteiger partial charge in [0.15, 0.2) is 4.96 Å². The van der Waals surface area contributed by atoms with Crippen LogP contribution in [0, 0.1) is 0 Å². The van der Waals surface area contributed by atoms with E-state index in [9.17, 15) is 9.59 Å². The van der Waals surface area contributed by atoms with Crippen LogP contribution in [0.2, 0.25) is 0 Å². The summed E-state index contributed by atoms with van der Waals surface area (Å²) in [5.41, 5.74) is 0.878. The average Bonchev–Trinajstić information content (AvgIpc) is 3.08. The molecular formula is C13H13N3O3S2. The highest BCUT2D eigenvalue weighted by atomic mass is 32.1. The number of aliphatic carboxylic acids is 1. The van der Waals surface area contributed by atoms with Gasteiger partial charge in [0.2, 0.25) is 0 Å². The normalized spacial score (nSPS) is 12.8. The zero-order valence-corrected chi connectivity index (χ0v) is 12.8. The Labute approximate surface area is 128 Å². The maximum absolute atomic E-state index is 12.2. The number of thiazole rings is 1. The molecule has 0 aliphatic heterocycles. The number of carboxylic acids is 1. The minimum atomic E-state index is -1.01. The molecule has 3 aromatic rings. The van der Waals surface area contributed by atoms with Crippen LogP contribution in [-0.4, -0.2) is 32.4 Å². The molecule has 0 saturated carbocycles. The Kier molecular flexibility index (Phi) is 3.64. The van der Waals surface area contributed by atoms with Crippen LogP contribution in [0.25, 0.3) is 15.3 Å². The highest BCUT2D eigenvalue weighted by Gasteiger charge is 2.21. The van der Waals surface area contributed by atoms with Crippen LogP contribution in [0.3, 0.4) is 0 Å². The molecule has 1 unspecified atom stereocenters. The first-order valence-corrected chi connectivity index (χ1v) is 8.18. The highest BCUT2D eigenvalue weighted by molar-refractivity contribution is 7.21. The van der Waals surface area contributed by atoms with Crippen molar-refractivity contribution in [2.45, 2.75) is 25.8 Å². The first kappa shape index (κ1) is 14.0. The lowest BCUT2D eigenvalue weighted by molar-refractivity contribution is -0.139. The SMILES string of the molecule is CCCC(NC(=O)c1cc2c(nc3sccn32)s1)C(=O)O. The van der Waals surface area contributed by atoms with E-state index >= 15 is 0 Å². The summed E-state index contributed by atoms with van der Waals surface area (Å²) in [6.07, 6.45) is 3.02. The van der Waals surface area contributed by atoms with Crippen LogP contribution in [-0.2, 0) is 4.79 Å². The van der Waals surface area contributed by atoms with Gasteiger partial charge in [-0.1, -0.05) is 13.3 Å². The number of thiophene rings is 1. The summed E-state index contributed by atoms with van der Waals surface area (Å²) in [6.45, 7) is 1.88. The number of aromatic nitrogens is 2. The van der Waals surface area contributed by atoms with E-state index in [1.165, 1.54) is 22.7 Å². The van der Waals surface area contributed by atoms with Gasteiger partial charge in [-0.2, -0.15) is 0 Å². The molecule has 1 amide bonds. The number of fused-ring (bicyclic) bond motifs is 3. The lowest BCUT2D eigenvalue weighted by Gasteiger charge is -2.12. The van der Waals surface area contributed by atoms with Gasteiger partial charge >= 0.3 is 5.97 Å². The molecule has 0 aromatic carbocycles. The van der Waals surface area contributed by atoms with E-state index in [2.05, 4.69) is 10.3 Å². The first-order valence-electron chi connectivity index (χ1n) is 6.49. The van der Waals surface area contributed by atoms with Gasteiger partial charge in [-0.05, 0) is 12.5 Å². The number of carbonyl (C=O) groups is 2.